The molecule has 0 spiro atoms. The van der Waals surface area contributed by atoms with Crippen molar-refractivity contribution in [3.05, 3.63) is 60.7 Å². The van der Waals surface area contributed by atoms with E-state index in [9.17, 15) is 0 Å². The van der Waals surface area contributed by atoms with Crippen molar-refractivity contribution in [2.75, 3.05) is 0 Å². The van der Waals surface area contributed by atoms with Crippen LogP contribution in [0.2, 0.25) is 0 Å². The van der Waals surface area contributed by atoms with E-state index in [0.717, 1.165) is 0 Å². The van der Waals surface area contributed by atoms with Gasteiger partial charge in [-0.15, -0.1) is 0 Å². The summed E-state index contributed by atoms with van der Waals surface area (Å²) in [6.45, 7) is 28.5. The van der Waals surface area contributed by atoms with Crippen LogP contribution in [0.3, 0.4) is 0 Å². The smallest absolute Gasteiger partial charge is 0.0620 e. The molecule has 0 saturated carbocycles. The zero-order valence-electron chi connectivity index (χ0n) is 22.1. The predicted octanol–water partition coefficient (Wildman–Crippen LogP) is 8.24. The van der Waals surface area contributed by atoms with E-state index >= 15 is 0 Å². The molecule has 3 heteroatoms. The molecule has 0 unspecified atom stereocenters. The van der Waals surface area contributed by atoms with Gasteiger partial charge in [-0.05, 0) is 107 Å². The minimum Gasteiger partial charge on any atom is -0.0620 e. The van der Waals surface area contributed by atoms with Crippen LogP contribution < -0.4 is 10.6 Å². The molecule has 0 saturated heterocycles. The van der Waals surface area contributed by atoms with Gasteiger partial charge in [-0.2, -0.15) is 0 Å². The molecule has 0 fully saturated rings. The first-order valence-corrected chi connectivity index (χ1v) is 14.3. The summed E-state index contributed by atoms with van der Waals surface area (Å²) in [6, 6.07) is 22.1. The third-order valence-corrected chi connectivity index (χ3v) is 12.9. The minimum atomic E-state index is -0.553. The summed E-state index contributed by atoms with van der Waals surface area (Å²) in [6.07, 6.45) is 0. The first kappa shape index (κ1) is 31.0. The van der Waals surface area contributed by atoms with Gasteiger partial charge >= 0.3 is 0 Å². The van der Waals surface area contributed by atoms with Crippen molar-refractivity contribution in [3.63, 3.8) is 0 Å². The molecule has 0 aliphatic heterocycles. The Balaban J connectivity index is 0.000000562. The Morgan fingerprint density at radius 1 is 0.387 bits per heavy atom. The summed E-state index contributed by atoms with van der Waals surface area (Å²) < 4.78 is 0. The van der Waals surface area contributed by atoms with Gasteiger partial charge in [0.2, 0.25) is 0 Å². The summed E-state index contributed by atoms with van der Waals surface area (Å²) in [7, 11) is -1.11. The van der Waals surface area contributed by atoms with Gasteiger partial charge in [0.05, 0.1) is 31.2 Å². The van der Waals surface area contributed by atoms with Crippen LogP contribution in [0.15, 0.2) is 60.7 Å². The molecule has 0 bridgehead atoms. The van der Waals surface area contributed by atoms with Gasteiger partial charge in [0, 0.05) is 36.3 Å². The maximum absolute atomic E-state index is 2.37. The van der Waals surface area contributed by atoms with E-state index in [4.69, 9.17) is 0 Å². The first-order valence-electron chi connectivity index (χ1n) is 11.3. The normalized spacial score (nSPS) is 12.8. The Bertz CT molecular complexity index is 647. The maximum Gasteiger partial charge on any atom is 0.0925 e. The third kappa shape index (κ3) is 10.2. The van der Waals surface area contributed by atoms with Crippen LogP contribution in [-0.2, 0) is 20.4 Å². The average molecular weight is 553 g/mol. The van der Waals surface area contributed by atoms with Crippen LogP contribution in [-0.4, -0.2) is 20.6 Å². The second-order valence-electron chi connectivity index (χ2n) is 12.5. The van der Waals surface area contributed by atoms with Crippen molar-refractivity contribution in [2.24, 2.45) is 0 Å². The van der Waals surface area contributed by atoms with Gasteiger partial charge in [-0.1, -0.05) is 36.4 Å². The van der Waals surface area contributed by atoms with Gasteiger partial charge < -0.3 is 0 Å². The second-order valence-corrected chi connectivity index (χ2v) is 21.1. The Kier molecular flexibility index (Phi) is 11.9. The van der Waals surface area contributed by atoms with Crippen LogP contribution in [0, 0.1) is 0 Å². The molecular weight excluding hydrogens is 505 g/mol. The second kappa shape index (κ2) is 11.9. The van der Waals surface area contributed by atoms with Crippen LogP contribution >= 0.6 is 15.8 Å². The van der Waals surface area contributed by atoms with E-state index in [1.54, 1.807) is 10.6 Å². The molecule has 0 radical (unpaired) electrons. The van der Waals surface area contributed by atoms with Crippen molar-refractivity contribution < 1.29 is 20.4 Å². The number of rotatable bonds is 2. The minimum absolute atomic E-state index is 0. The number of hydrogen-bond acceptors (Lipinski definition) is 0. The van der Waals surface area contributed by atoms with Crippen LogP contribution in [0.1, 0.15) is 83.1 Å². The van der Waals surface area contributed by atoms with E-state index in [-0.39, 0.29) is 20.4 Å². The average Bonchev–Trinajstić information content (AvgIpc) is 2.52. The van der Waals surface area contributed by atoms with Gasteiger partial charge in [0.15, 0.2) is 0 Å². The SMILES string of the molecule is CC(C)(C)[PH+](c1ccccc1)C(C)(C)C.CC(C)(C)[PH+](c1ccccc1)C(C)(C)C.[Pd]. The summed E-state index contributed by atoms with van der Waals surface area (Å²) in [5.74, 6) is 0. The van der Waals surface area contributed by atoms with E-state index in [1.807, 2.05) is 0 Å². The van der Waals surface area contributed by atoms with Crippen LogP contribution in [0.5, 0.6) is 0 Å². The molecule has 0 atom stereocenters. The zero-order chi connectivity index (χ0) is 23.4. The molecule has 2 aromatic carbocycles. The molecule has 0 aliphatic rings. The molecule has 0 amide bonds. The summed E-state index contributed by atoms with van der Waals surface area (Å²) >= 11 is 0. The van der Waals surface area contributed by atoms with Gasteiger partial charge in [0.25, 0.3) is 0 Å². The quantitative estimate of drug-likeness (QED) is 0.260. The molecular formula is C28H48P2Pd+2. The van der Waals surface area contributed by atoms with E-state index in [0.29, 0.717) is 20.6 Å². The number of hydrogen-bond donors (Lipinski definition) is 0. The summed E-state index contributed by atoms with van der Waals surface area (Å²) in [5.41, 5.74) is 0. The van der Waals surface area contributed by atoms with E-state index < -0.39 is 15.8 Å². The fourth-order valence-electron chi connectivity index (χ4n) is 5.19. The Morgan fingerprint density at radius 3 is 0.742 bits per heavy atom. The zero-order valence-corrected chi connectivity index (χ0v) is 25.6. The maximum atomic E-state index is 2.37. The molecule has 2 rings (SSSR count). The van der Waals surface area contributed by atoms with E-state index in [2.05, 4.69) is 144 Å². The summed E-state index contributed by atoms with van der Waals surface area (Å²) in [5, 5.41) is 4.74. The molecule has 2 aromatic rings. The largest absolute Gasteiger partial charge is 0.0925 e. The van der Waals surface area contributed by atoms with Crippen LogP contribution in [0.25, 0.3) is 0 Å². The molecule has 0 heterocycles. The summed E-state index contributed by atoms with van der Waals surface area (Å²) in [4.78, 5) is 0. The molecule has 0 N–H and O–H groups in total. The van der Waals surface area contributed by atoms with Crippen molar-refractivity contribution in [3.8, 4) is 0 Å². The van der Waals surface area contributed by atoms with Gasteiger partial charge in [0.1, 0.15) is 0 Å². The van der Waals surface area contributed by atoms with Crippen molar-refractivity contribution in [2.45, 2.75) is 104 Å². The van der Waals surface area contributed by atoms with Gasteiger partial charge in [-0.3, -0.25) is 0 Å². The molecule has 0 aliphatic carbocycles. The van der Waals surface area contributed by atoms with Crippen molar-refractivity contribution >= 4 is 26.5 Å². The Hall–Kier alpha value is -0.0377. The first-order chi connectivity index (χ1) is 13.5. The monoisotopic (exact) mass is 552 g/mol. The molecule has 0 nitrogen and oxygen atoms in total. The predicted molar refractivity (Wildman–Crippen MR) is 148 cm³/mol. The molecule has 178 valence electrons. The molecule has 0 aromatic heterocycles. The fraction of sp³-hybridized carbons (Fsp3) is 0.571. The van der Waals surface area contributed by atoms with Crippen LogP contribution in [0.4, 0.5) is 0 Å². The number of benzene rings is 2. The van der Waals surface area contributed by atoms with Crippen molar-refractivity contribution in [1.82, 2.24) is 0 Å². The fourth-order valence-corrected chi connectivity index (χ4v) is 14.2. The Labute approximate surface area is 210 Å². The molecule has 31 heavy (non-hydrogen) atoms. The topological polar surface area (TPSA) is 0 Å². The van der Waals surface area contributed by atoms with Crippen molar-refractivity contribution in [1.29, 1.82) is 0 Å². The third-order valence-electron chi connectivity index (χ3n) is 5.12. The van der Waals surface area contributed by atoms with E-state index in [1.165, 1.54) is 0 Å². The van der Waals surface area contributed by atoms with Gasteiger partial charge in [-0.25, -0.2) is 0 Å². The Morgan fingerprint density at radius 2 is 0.581 bits per heavy atom. The standard InChI is InChI=1S/2C14H23P.Pd/c2*1-13(2,3)15(14(4,5)6)12-10-8-7-9-11-12;/h2*7-11H,1-6H3;/p+2.